The molecule has 1 aromatic carbocycles. The first-order chi connectivity index (χ1) is 10.3. The van der Waals surface area contributed by atoms with E-state index in [-0.39, 0.29) is 17.7 Å². The molecule has 0 aliphatic heterocycles. The molecular weight excluding hydrogens is 287 g/mol. The number of urea groups is 1. The molecule has 0 heterocycles. The van der Waals surface area contributed by atoms with Crippen molar-refractivity contribution in [2.24, 2.45) is 5.92 Å². The largest absolute Gasteiger partial charge is 0.491 e. The van der Waals surface area contributed by atoms with E-state index in [2.05, 4.69) is 10.6 Å². The summed E-state index contributed by atoms with van der Waals surface area (Å²) in [5, 5.41) is 14.6. The van der Waals surface area contributed by atoms with Gasteiger partial charge in [0, 0.05) is 12.6 Å². The molecule has 0 saturated carbocycles. The summed E-state index contributed by atoms with van der Waals surface area (Å²) in [4.78, 5) is 11.7. The van der Waals surface area contributed by atoms with Crippen molar-refractivity contribution >= 4 is 11.7 Å². The van der Waals surface area contributed by atoms with Crippen LogP contribution >= 0.6 is 0 Å². The molecule has 0 aromatic heterocycles. The number of anilines is 1. The Morgan fingerprint density at radius 3 is 2.55 bits per heavy atom. The second-order valence-electron chi connectivity index (χ2n) is 5.79. The Balaban J connectivity index is 2.47. The third-order valence-corrected chi connectivity index (χ3v) is 3.06. The average Bonchev–Trinajstić information content (AvgIpc) is 2.41. The first-order valence-electron chi connectivity index (χ1n) is 7.48. The Labute approximate surface area is 130 Å². The first kappa shape index (κ1) is 18.2. The molecule has 2 amide bonds. The number of carbonyl (C=O) groups is 1. The van der Waals surface area contributed by atoms with Gasteiger partial charge in [-0.15, -0.1) is 0 Å². The zero-order valence-electron chi connectivity index (χ0n) is 13.5. The quantitative estimate of drug-likeness (QED) is 0.724. The van der Waals surface area contributed by atoms with Crippen molar-refractivity contribution in [3.8, 4) is 5.75 Å². The van der Waals surface area contributed by atoms with Gasteiger partial charge in [0.25, 0.3) is 0 Å². The van der Waals surface area contributed by atoms with Crippen LogP contribution in [0.15, 0.2) is 18.2 Å². The highest BCUT2D eigenvalue weighted by Crippen LogP contribution is 2.21. The highest BCUT2D eigenvalue weighted by molar-refractivity contribution is 5.89. The van der Waals surface area contributed by atoms with E-state index in [0.717, 1.165) is 0 Å². The van der Waals surface area contributed by atoms with Gasteiger partial charge in [0.2, 0.25) is 0 Å². The lowest BCUT2D eigenvalue weighted by Gasteiger charge is -2.15. The first-order valence-corrected chi connectivity index (χ1v) is 7.48. The number of amides is 2. The summed E-state index contributed by atoms with van der Waals surface area (Å²) >= 11 is 0. The fraction of sp³-hybridized carbons (Fsp3) is 0.562. The minimum atomic E-state index is -0.560. The van der Waals surface area contributed by atoms with E-state index in [0.29, 0.717) is 18.7 Å². The number of halogens is 1. The molecule has 1 aromatic rings. The summed E-state index contributed by atoms with van der Waals surface area (Å²) in [6, 6.07) is 3.78. The van der Waals surface area contributed by atoms with E-state index in [4.69, 9.17) is 4.74 Å². The van der Waals surface area contributed by atoms with Gasteiger partial charge in [-0.2, -0.15) is 0 Å². The van der Waals surface area contributed by atoms with Crippen molar-refractivity contribution in [3.05, 3.63) is 24.0 Å². The SMILES string of the molecule is CC(C)Oc1ccc(NC(=O)NCCC(O)C(C)C)c(F)c1. The van der Waals surface area contributed by atoms with E-state index < -0.39 is 18.0 Å². The van der Waals surface area contributed by atoms with Crippen LogP contribution in [0.2, 0.25) is 0 Å². The maximum Gasteiger partial charge on any atom is 0.319 e. The Bertz CT molecular complexity index is 492. The summed E-state index contributed by atoms with van der Waals surface area (Å²) < 4.78 is 19.2. The summed E-state index contributed by atoms with van der Waals surface area (Å²) in [6.07, 6.45) is -0.0623. The molecule has 1 rings (SSSR count). The van der Waals surface area contributed by atoms with Gasteiger partial charge in [0.15, 0.2) is 0 Å². The van der Waals surface area contributed by atoms with Gasteiger partial charge in [-0.3, -0.25) is 0 Å². The van der Waals surface area contributed by atoms with Crippen molar-refractivity contribution in [2.45, 2.75) is 46.3 Å². The second kappa shape index (κ2) is 8.58. The van der Waals surface area contributed by atoms with Crippen LogP contribution in [0.3, 0.4) is 0 Å². The molecule has 124 valence electrons. The maximum atomic E-state index is 13.9. The van der Waals surface area contributed by atoms with E-state index >= 15 is 0 Å². The third-order valence-electron chi connectivity index (χ3n) is 3.06. The molecule has 0 fully saturated rings. The smallest absolute Gasteiger partial charge is 0.319 e. The average molecular weight is 312 g/mol. The van der Waals surface area contributed by atoms with Crippen molar-refractivity contribution < 1.29 is 19.0 Å². The Morgan fingerprint density at radius 1 is 1.32 bits per heavy atom. The number of benzene rings is 1. The molecule has 0 aliphatic carbocycles. The summed E-state index contributed by atoms with van der Waals surface area (Å²) in [5.74, 6) is -0.00941. The number of nitrogens with one attached hydrogen (secondary N) is 2. The lowest BCUT2D eigenvalue weighted by Crippen LogP contribution is -2.32. The molecule has 0 aliphatic rings. The summed E-state index contributed by atoms with van der Waals surface area (Å²) in [6.45, 7) is 7.83. The third kappa shape index (κ3) is 6.30. The second-order valence-corrected chi connectivity index (χ2v) is 5.79. The van der Waals surface area contributed by atoms with Crippen molar-refractivity contribution in [3.63, 3.8) is 0 Å². The van der Waals surface area contributed by atoms with Crippen molar-refractivity contribution in [1.29, 1.82) is 0 Å². The predicted octanol–water partition coefficient (Wildman–Crippen LogP) is 3.14. The van der Waals surface area contributed by atoms with E-state index in [1.807, 2.05) is 27.7 Å². The minimum absolute atomic E-state index is 0.0473. The lowest BCUT2D eigenvalue weighted by molar-refractivity contribution is 0.117. The molecule has 6 heteroatoms. The van der Waals surface area contributed by atoms with Crippen LogP contribution < -0.4 is 15.4 Å². The van der Waals surface area contributed by atoms with E-state index in [1.54, 1.807) is 6.07 Å². The number of aliphatic hydroxyl groups excluding tert-OH is 1. The van der Waals surface area contributed by atoms with Gasteiger partial charge in [0.1, 0.15) is 11.6 Å². The molecule has 22 heavy (non-hydrogen) atoms. The minimum Gasteiger partial charge on any atom is -0.491 e. The van der Waals surface area contributed by atoms with Gasteiger partial charge >= 0.3 is 6.03 Å². The number of rotatable bonds is 7. The topological polar surface area (TPSA) is 70.6 Å². The van der Waals surface area contributed by atoms with Gasteiger partial charge in [-0.05, 0) is 38.3 Å². The van der Waals surface area contributed by atoms with E-state index in [9.17, 15) is 14.3 Å². The summed E-state index contributed by atoms with van der Waals surface area (Å²) in [5.41, 5.74) is 0.0815. The predicted molar refractivity (Wildman–Crippen MR) is 84.6 cm³/mol. The molecule has 1 atom stereocenters. The van der Waals surface area contributed by atoms with Crippen LogP contribution in [0.1, 0.15) is 34.1 Å². The maximum absolute atomic E-state index is 13.9. The number of ether oxygens (including phenoxy) is 1. The molecule has 0 spiro atoms. The number of hydrogen-bond acceptors (Lipinski definition) is 3. The molecule has 3 N–H and O–H groups in total. The van der Waals surface area contributed by atoms with Crippen molar-refractivity contribution in [1.82, 2.24) is 5.32 Å². The Hall–Kier alpha value is -1.82. The zero-order chi connectivity index (χ0) is 16.7. The van der Waals surface area contributed by atoms with Gasteiger partial charge in [-0.1, -0.05) is 13.8 Å². The van der Waals surface area contributed by atoms with Crippen LogP contribution in [-0.4, -0.2) is 29.9 Å². The van der Waals surface area contributed by atoms with Crippen LogP contribution in [0.4, 0.5) is 14.9 Å². The molecule has 0 bridgehead atoms. The molecule has 5 nitrogen and oxygen atoms in total. The number of carbonyl (C=O) groups excluding carboxylic acids is 1. The number of hydrogen-bond donors (Lipinski definition) is 3. The van der Waals surface area contributed by atoms with Crippen LogP contribution in [0.5, 0.6) is 5.75 Å². The molecule has 0 radical (unpaired) electrons. The lowest BCUT2D eigenvalue weighted by atomic mass is 10.0. The fourth-order valence-corrected chi connectivity index (χ4v) is 1.78. The monoisotopic (exact) mass is 312 g/mol. The Kier molecular flexibility index (Phi) is 7.11. The number of aliphatic hydroxyl groups is 1. The van der Waals surface area contributed by atoms with E-state index in [1.165, 1.54) is 12.1 Å². The van der Waals surface area contributed by atoms with Gasteiger partial charge < -0.3 is 20.5 Å². The van der Waals surface area contributed by atoms with Gasteiger partial charge in [0.05, 0.1) is 17.9 Å². The summed E-state index contributed by atoms with van der Waals surface area (Å²) in [7, 11) is 0. The molecule has 1 unspecified atom stereocenters. The Morgan fingerprint density at radius 2 is 2.00 bits per heavy atom. The molecule has 0 saturated heterocycles. The molecular formula is C16H25FN2O3. The van der Waals surface area contributed by atoms with Crippen molar-refractivity contribution in [2.75, 3.05) is 11.9 Å². The fourth-order valence-electron chi connectivity index (χ4n) is 1.78. The highest BCUT2D eigenvalue weighted by atomic mass is 19.1. The van der Waals surface area contributed by atoms with Gasteiger partial charge in [-0.25, -0.2) is 9.18 Å². The normalized spacial score (nSPS) is 12.4. The highest BCUT2D eigenvalue weighted by Gasteiger charge is 2.11. The zero-order valence-corrected chi connectivity index (χ0v) is 13.5. The van der Waals surface area contributed by atoms with Crippen LogP contribution in [0, 0.1) is 11.7 Å². The standard InChI is InChI=1S/C16H25FN2O3/c1-10(2)15(20)7-8-18-16(21)19-14-6-5-12(9-13(14)17)22-11(3)4/h5-6,9-11,15,20H,7-8H2,1-4H3,(H2,18,19,21). The van der Waals surface area contributed by atoms with Crippen LogP contribution in [-0.2, 0) is 0 Å². The van der Waals surface area contributed by atoms with Crippen LogP contribution in [0.25, 0.3) is 0 Å².